The zero-order valence-electron chi connectivity index (χ0n) is 16.1. The van der Waals surface area contributed by atoms with Gasteiger partial charge in [-0.25, -0.2) is 8.42 Å². The maximum absolute atomic E-state index is 12.4. The van der Waals surface area contributed by atoms with Gasteiger partial charge in [-0.2, -0.15) is 4.99 Å². The van der Waals surface area contributed by atoms with E-state index in [1.807, 2.05) is 28.8 Å². The van der Waals surface area contributed by atoms with Gasteiger partial charge in [0.1, 0.15) is 5.75 Å². The zero-order chi connectivity index (χ0) is 20.9. The fourth-order valence-corrected chi connectivity index (χ4v) is 5.29. The van der Waals surface area contributed by atoms with Crippen molar-refractivity contribution in [1.82, 2.24) is 4.57 Å². The molecule has 0 N–H and O–H groups in total. The van der Waals surface area contributed by atoms with Gasteiger partial charge in [0.15, 0.2) is 14.6 Å². The Morgan fingerprint density at radius 1 is 1.24 bits per heavy atom. The molecule has 0 fully saturated rings. The van der Waals surface area contributed by atoms with Crippen molar-refractivity contribution in [2.75, 3.05) is 12.9 Å². The molecule has 29 heavy (non-hydrogen) atoms. The van der Waals surface area contributed by atoms with Crippen LogP contribution in [0.25, 0.3) is 10.2 Å². The molecule has 2 aromatic carbocycles. The Hall–Kier alpha value is -2.71. The van der Waals surface area contributed by atoms with Gasteiger partial charge >= 0.3 is 0 Å². The number of aromatic nitrogens is 1. The summed E-state index contributed by atoms with van der Waals surface area (Å²) >= 11 is 1.36. The number of amides is 1. The lowest BCUT2D eigenvalue weighted by atomic mass is 10.2. The quantitative estimate of drug-likeness (QED) is 0.514. The second-order valence-electron chi connectivity index (χ2n) is 6.45. The lowest BCUT2D eigenvalue weighted by molar-refractivity contribution is -0.117. The Morgan fingerprint density at radius 3 is 2.69 bits per heavy atom. The molecular formula is C21H22N2O4S2. The van der Waals surface area contributed by atoms with Gasteiger partial charge < -0.3 is 9.30 Å². The van der Waals surface area contributed by atoms with E-state index in [4.69, 9.17) is 4.74 Å². The summed E-state index contributed by atoms with van der Waals surface area (Å²) in [5.74, 6) is -0.0580. The Labute approximate surface area is 173 Å². The number of hydrogen-bond donors (Lipinski definition) is 0. The number of fused-ring (bicyclic) bond motifs is 1. The van der Waals surface area contributed by atoms with Crippen molar-refractivity contribution in [3.63, 3.8) is 0 Å². The zero-order valence-corrected chi connectivity index (χ0v) is 17.7. The molecule has 0 spiro atoms. The molecule has 0 bridgehead atoms. The average Bonchev–Trinajstić information content (AvgIpc) is 3.03. The third-order valence-electron chi connectivity index (χ3n) is 4.28. The highest BCUT2D eigenvalue weighted by Crippen LogP contribution is 2.23. The van der Waals surface area contributed by atoms with Crippen LogP contribution in [0.15, 0.2) is 66.2 Å². The smallest absolute Gasteiger partial charge is 0.249 e. The molecule has 0 saturated carbocycles. The second kappa shape index (κ2) is 9.19. The Balaban J connectivity index is 1.80. The van der Waals surface area contributed by atoms with E-state index in [1.165, 1.54) is 11.3 Å². The molecule has 152 valence electrons. The predicted octanol–water partition coefficient (Wildman–Crippen LogP) is 3.33. The summed E-state index contributed by atoms with van der Waals surface area (Å²) in [4.78, 5) is 17.1. The Bertz CT molecular complexity index is 1190. The van der Waals surface area contributed by atoms with E-state index in [0.717, 1.165) is 16.0 Å². The van der Waals surface area contributed by atoms with Crippen LogP contribution in [0.1, 0.15) is 12.0 Å². The Kier molecular flexibility index (Phi) is 6.66. The molecule has 1 amide bonds. The minimum Gasteiger partial charge on any atom is -0.497 e. The van der Waals surface area contributed by atoms with E-state index in [0.29, 0.717) is 16.9 Å². The van der Waals surface area contributed by atoms with Gasteiger partial charge in [0.05, 0.1) is 28.8 Å². The molecule has 3 aromatic rings. The third-order valence-corrected chi connectivity index (χ3v) is 6.92. The third kappa shape index (κ3) is 5.42. The summed E-state index contributed by atoms with van der Waals surface area (Å²) < 4.78 is 32.7. The number of benzene rings is 2. The van der Waals surface area contributed by atoms with E-state index in [2.05, 4.69) is 11.6 Å². The highest BCUT2D eigenvalue weighted by molar-refractivity contribution is 7.90. The van der Waals surface area contributed by atoms with Crippen LogP contribution in [0, 0.1) is 0 Å². The topological polar surface area (TPSA) is 77.7 Å². The fourth-order valence-electron chi connectivity index (χ4n) is 2.88. The van der Waals surface area contributed by atoms with Crippen LogP contribution in [0.4, 0.5) is 0 Å². The number of carbonyl (C=O) groups excluding carboxylic acids is 1. The molecule has 0 radical (unpaired) electrons. The van der Waals surface area contributed by atoms with Crippen LogP contribution in [-0.4, -0.2) is 31.8 Å². The first-order chi connectivity index (χ1) is 13.9. The van der Waals surface area contributed by atoms with Gasteiger partial charge in [-0.3, -0.25) is 4.79 Å². The number of allylic oxidation sites excluding steroid dienone is 1. The molecule has 0 atom stereocenters. The van der Waals surface area contributed by atoms with Crippen molar-refractivity contribution >= 4 is 37.3 Å². The van der Waals surface area contributed by atoms with Gasteiger partial charge in [0.2, 0.25) is 5.91 Å². The maximum atomic E-state index is 12.4. The van der Waals surface area contributed by atoms with E-state index in [1.54, 1.807) is 37.5 Å². The summed E-state index contributed by atoms with van der Waals surface area (Å²) in [6, 6.07) is 14.6. The highest BCUT2D eigenvalue weighted by Gasteiger charge is 2.15. The van der Waals surface area contributed by atoms with Crippen LogP contribution < -0.4 is 9.54 Å². The van der Waals surface area contributed by atoms with Crippen LogP contribution in [-0.2, 0) is 26.9 Å². The number of ether oxygens (including phenoxy) is 1. The minimum atomic E-state index is -3.39. The number of thiazole rings is 1. The van der Waals surface area contributed by atoms with Crippen molar-refractivity contribution in [3.8, 4) is 5.75 Å². The van der Waals surface area contributed by atoms with Crippen LogP contribution in [0.5, 0.6) is 5.75 Å². The average molecular weight is 431 g/mol. The van der Waals surface area contributed by atoms with E-state index in [-0.39, 0.29) is 17.9 Å². The maximum Gasteiger partial charge on any atom is 0.249 e. The number of nitrogens with zero attached hydrogens (tertiary/aromatic N) is 2. The molecule has 1 aromatic heterocycles. The largest absolute Gasteiger partial charge is 0.497 e. The summed E-state index contributed by atoms with van der Waals surface area (Å²) in [5.41, 5.74) is 1.62. The van der Waals surface area contributed by atoms with E-state index >= 15 is 0 Å². The second-order valence-corrected chi connectivity index (χ2v) is 9.64. The predicted molar refractivity (Wildman–Crippen MR) is 116 cm³/mol. The first-order valence-electron chi connectivity index (χ1n) is 9.02. The molecule has 0 aliphatic heterocycles. The number of carbonyl (C=O) groups is 1. The van der Waals surface area contributed by atoms with Gasteiger partial charge in [-0.05, 0) is 23.8 Å². The van der Waals surface area contributed by atoms with Crippen molar-refractivity contribution in [3.05, 3.63) is 71.6 Å². The van der Waals surface area contributed by atoms with Crippen LogP contribution in [0.3, 0.4) is 0 Å². The number of sulfone groups is 1. The van der Waals surface area contributed by atoms with Crippen LogP contribution >= 0.6 is 11.3 Å². The normalized spacial score (nSPS) is 12.2. The number of hydrogen-bond acceptors (Lipinski definition) is 5. The summed E-state index contributed by atoms with van der Waals surface area (Å²) in [6.07, 6.45) is 1.57. The standard InChI is InChI=1S/C21H22N2O4S2/c1-3-12-23-18-10-9-17(27-2)14-19(18)28-21(23)22-20(24)11-13-29(25,26)15-16-7-5-4-6-8-16/h3-10,14H,1,11-13,15H2,2H3. The van der Waals surface area contributed by atoms with E-state index < -0.39 is 15.7 Å². The van der Waals surface area contributed by atoms with Gasteiger partial charge in [0, 0.05) is 13.0 Å². The van der Waals surface area contributed by atoms with Crippen molar-refractivity contribution < 1.29 is 17.9 Å². The SMILES string of the molecule is C=CCn1c(=NC(=O)CCS(=O)(=O)Cc2ccccc2)sc2cc(OC)ccc21. The first-order valence-corrected chi connectivity index (χ1v) is 11.7. The van der Waals surface area contributed by atoms with Gasteiger partial charge in [-0.15, -0.1) is 6.58 Å². The fraction of sp³-hybridized carbons (Fsp3) is 0.238. The highest BCUT2D eigenvalue weighted by atomic mass is 32.2. The molecule has 3 rings (SSSR count). The van der Waals surface area contributed by atoms with E-state index in [9.17, 15) is 13.2 Å². The molecule has 1 heterocycles. The summed E-state index contributed by atoms with van der Waals surface area (Å²) in [7, 11) is -1.80. The molecule has 0 aliphatic carbocycles. The lowest BCUT2D eigenvalue weighted by Crippen LogP contribution is -2.18. The lowest BCUT2D eigenvalue weighted by Gasteiger charge is -2.03. The van der Waals surface area contributed by atoms with Crippen molar-refractivity contribution in [2.24, 2.45) is 4.99 Å². The number of methoxy groups -OCH3 is 1. The van der Waals surface area contributed by atoms with Gasteiger partial charge in [-0.1, -0.05) is 47.7 Å². The molecule has 0 saturated heterocycles. The van der Waals surface area contributed by atoms with Crippen molar-refractivity contribution in [2.45, 2.75) is 18.7 Å². The minimum absolute atomic E-state index is 0.0831. The Morgan fingerprint density at radius 2 is 2.00 bits per heavy atom. The summed E-state index contributed by atoms with van der Waals surface area (Å²) in [6.45, 7) is 4.25. The van der Waals surface area contributed by atoms with Gasteiger partial charge in [0.25, 0.3) is 0 Å². The molecule has 8 heteroatoms. The molecule has 6 nitrogen and oxygen atoms in total. The molecular weight excluding hydrogens is 408 g/mol. The first kappa shape index (κ1) is 21.0. The van der Waals surface area contributed by atoms with Crippen LogP contribution in [0.2, 0.25) is 0 Å². The number of rotatable bonds is 8. The molecule has 0 unspecified atom stereocenters. The summed E-state index contributed by atoms with van der Waals surface area (Å²) in [5, 5.41) is 0. The van der Waals surface area contributed by atoms with Crippen molar-refractivity contribution in [1.29, 1.82) is 0 Å². The monoisotopic (exact) mass is 430 g/mol. The molecule has 0 aliphatic rings.